The maximum atomic E-state index is 12.7. The largest absolute Gasteiger partial charge is 0.459 e. The molecule has 1 fully saturated rings. The third-order valence-corrected chi connectivity index (χ3v) is 5.53. The molecule has 0 aliphatic carbocycles. The molecule has 0 amide bonds. The Morgan fingerprint density at radius 2 is 1.65 bits per heavy atom. The predicted molar refractivity (Wildman–Crippen MR) is 121 cm³/mol. The number of carbonyl (C=O) groups is 2. The quantitative estimate of drug-likeness (QED) is 0.341. The summed E-state index contributed by atoms with van der Waals surface area (Å²) < 4.78 is 19.1. The summed E-state index contributed by atoms with van der Waals surface area (Å²) in [5.41, 5.74) is 7.67. The lowest BCUT2D eigenvalue weighted by Crippen LogP contribution is -2.32. The van der Waals surface area contributed by atoms with Gasteiger partial charge >= 0.3 is 11.9 Å². The number of esters is 2. The normalized spacial score (nSPS) is 19.7. The molecule has 2 aromatic carbocycles. The highest BCUT2D eigenvalue weighted by Crippen LogP contribution is 2.34. The summed E-state index contributed by atoms with van der Waals surface area (Å²) in [5.74, 6) is -0.729. The first-order valence-electron chi connectivity index (χ1n) is 10.7. The minimum absolute atomic E-state index is 0.0965. The van der Waals surface area contributed by atoms with Gasteiger partial charge in [-0.1, -0.05) is 36.4 Å². The molecule has 172 valence electrons. The number of carbonyl (C=O) groups excluding carboxylic acids is 2. The van der Waals surface area contributed by atoms with Crippen molar-refractivity contribution in [2.75, 3.05) is 12.3 Å². The zero-order valence-corrected chi connectivity index (χ0v) is 18.0. The average molecular weight is 460 g/mol. The van der Waals surface area contributed by atoms with E-state index in [1.54, 1.807) is 59.4 Å². The van der Waals surface area contributed by atoms with Crippen molar-refractivity contribution in [1.82, 2.24) is 19.5 Å². The van der Waals surface area contributed by atoms with Crippen molar-refractivity contribution < 1.29 is 23.8 Å². The molecule has 10 nitrogen and oxygen atoms in total. The second-order valence-corrected chi connectivity index (χ2v) is 7.72. The van der Waals surface area contributed by atoms with Crippen LogP contribution < -0.4 is 5.73 Å². The van der Waals surface area contributed by atoms with Gasteiger partial charge in [-0.3, -0.25) is 4.57 Å². The Bertz CT molecular complexity index is 1310. The minimum atomic E-state index is -0.693. The van der Waals surface area contributed by atoms with Crippen LogP contribution in [0.3, 0.4) is 0 Å². The van der Waals surface area contributed by atoms with Crippen LogP contribution in [0, 0.1) is 0 Å². The fourth-order valence-electron chi connectivity index (χ4n) is 3.82. The number of fused-ring (bicyclic) bond motifs is 1. The first-order valence-corrected chi connectivity index (χ1v) is 10.7. The molecule has 1 saturated heterocycles. The van der Waals surface area contributed by atoms with Gasteiger partial charge < -0.3 is 19.9 Å². The number of nitrogens with two attached hydrogens (primary N) is 1. The van der Waals surface area contributed by atoms with Crippen molar-refractivity contribution in [1.29, 1.82) is 0 Å². The zero-order valence-electron chi connectivity index (χ0n) is 18.0. The molecule has 0 radical (unpaired) electrons. The molecule has 2 aromatic heterocycles. The highest BCUT2D eigenvalue weighted by molar-refractivity contribution is 5.90. The molecular weight excluding hydrogens is 439 g/mol. The number of aromatic nitrogens is 4. The third kappa shape index (κ3) is 4.30. The smallest absolute Gasteiger partial charge is 0.338 e. The summed E-state index contributed by atoms with van der Waals surface area (Å²) in [7, 11) is 0. The second kappa shape index (κ2) is 9.28. The number of hydrogen-bond acceptors (Lipinski definition) is 9. The first kappa shape index (κ1) is 21.5. The van der Waals surface area contributed by atoms with Gasteiger partial charge in [-0.05, 0) is 24.3 Å². The molecule has 2 N–H and O–H groups in total. The molecule has 3 heterocycles. The highest BCUT2D eigenvalue weighted by atomic mass is 16.6. The fourth-order valence-corrected chi connectivity index (χ4v) is 3.82. The number of benzene rings is 2. The van der Waals surface area contributed by atoms with Crippen molar-refractivity contribution in [3.8, 4) is 0 Å². The number of nitrogen functional groups attached to an aromatic ring is 1. The SMILES string of the molecule is Nc1ncnc2c1ncn2[C@H]1C[C@H](OC(=O)c2ccccc2)[C@@H]([13CH2]OC(=O)c2ccccc2)O1. The molecule has 0 saturated carbocycles. The summed E-state index contributed by atoms with van der Waals surface area (Å²) in [4.78, 5) is 37.6. The van der Waals surface area contributed by atoms with Gasteiger partial charge in [0.15, 0.2) is 11.5 Å². The summed E-state index contributed by atoms with van der Waals surface area (Å²) in [6.45, 7) is -0.0965. The van der Waals surface area contributed by atoms with E-state index in [4.69, 9.17) is 19.9 Å². The van der Waals surface area contributed by atoms with E-state index < -0.39 is 30.4 Å². The van der Waals surface area contributed by atoms with Crippen LogP contribution in [0.2, 0.25) is 0 Å². The topological polar surface area (TPSA) is 131 Å². The fraction of sp³-hybridized carbons (Fsp3) is 0.208. The Balaban J connectivity index is 1.36. The molecule has 5 rings (SSSR count). The van der Waals surface area contributed by atoms with Crippen LogP contribution in [-0.2, 0) is 14.2 Å². The number of anilines is 1. The van der Waals surface area contributed by atoms with E-state index in [1.807, 2.05) is 12.1 Å². The number of nitrogens with zero attached hydrogens (tertiary/aromatic N) is 4. The molecule has 3 atom stereocenters. The Hall–Kier alpha value is -4.31. The molecule has 1 aliphatic heterocycles. The van der Waals surface area contributed by atoms with E-state index in [0.717, 1.165) is 0 Å². The van der Waals surface area contributed by atoms with E-state index in [1.165, 1.54) is 6.33 Å². The number of rotatable bonds is 6. The summed E-state index contributed by atoms with van der Waals surface area (Å²) in [6.07, 6.45) is 1.28. The Morgan fingerprint density at radius 1 is 0.971 bits per heavy atom. The number of imidazole rings is 1. The van der Waals surface area contributed by atoms with Crippen molar-refractivity contribution in [2.24, 2.45) is 0 Å². The molecule has 0 unspecified atom stereocenters. The van der Waals surface area contributed by atoms with Crippen LogP contribution >= 0.6 is 0 Å². The highest BCUT2D eigenvalue weighted by Gasteiger charge is 2.40. The van der Waals surface area contributed by atoms with Gasteiger partial charge in [-0.2, -0.15) is 0 Å². The summed E-state index contributed by atoms with van der Waals surface area (Å²) in [6, 6.07) is 17.3. The van der Waals surface area contributed by atoms with Crippen LogP contribution in [0.1, 0.15) is 33.4 Å². The summed E-state index contributed by atoms with van der Waals surface area (Å²) in [5, 5.41) is 0. The minimum Gasteiger partial charge on any atom is -0.459 e. The molecule has 0 bridgehead atoms. The van der Waals surface area contributed by atoms with Crippen molar-refractivity contribution in [3.05, 3.63) is 84.4 Å². The van der Waals surface area contributed by atoms with Crippen LogP contribution in [0.15, 0.2) is 73.3 Å². The molecule has 34 heavy (non-hydrogen) atoms. The lowest BCUT2D eigenvalue weighted by molar-refractivity contribution is -0.0563. The van der Waals surface area contributed by atoms with E-state index >= 15 is 0 Å². The van der Waals surface area contributed by atoms with Crippen LogP contribution in [0.5, 0.6) is 0 Å². The molecule has 4 aromatic rings. The monoisotopic (exact) mass is 460 g/mol. The van der Waals surface area contributed by atoms with Crippen LogP contribution in [0.4, 0.5) is 5.82 Å². The van der Waals surface area contributed by atoms with Crippen LogP contribution in [-0.4, -0.2) is 50.3 Å². The van der Waals surface area contributed by atoms with Crippen LogP contribution in [0.25, 0.3) is 11.2 Å². The lowest BCUT2D eigenvalue weighted by Gasteiger charge is -2.19. The van der Waals surface area contributed by atoms with E-state index in [2.05, 4.69) is 15.0 Å². The van der Waals surface area contributed by atoms with E-state index in [-0.39, 0.29) is 12.4 Å². The van der Waals surface area contributed by atoms with Gasteiger partial charge in [0.25, 0.3) is 0 Å². The molecule has 0 spiro atoms. The molecular formula is C24H21N5O5. The maximum absolute atomic E-state index is 12.7. The first-order chi connectivity index (χ1) is 16.6. The average Bonchev–Trinajstić information content (AvgIpc) is 3.48. The molecule has 1 aliphatic rings. The van der Waals surface area contributed by atoms with Gasteiger partial charge in [0.05, 0.1) is 17.5 Å². The Labute approximate surface area is 194 Å². The van der Waals surface area contributed by atoms with Gasteiger partial charge in [0, 0.05) is 6.42 Å². The van der Waals surface area contributed by atoms with E-state index in [9.17, 15) is 9.59 Å². The van der Waals surface area contributed by atoms with E-state index in [0.29, 0.717) is 28.7 Å². The van der Waals surface area contributed by atoms with Crippen molar-refractivity contribution in [2.45, 2.75) is 24.9 Å². The summed E-state index contributed by atoms with van der Waals surface area (Å²) >= 11 is 0. The lowest BCUT2D eigenvalue weighted by atomic mass is 10.2. The number of ether oxygens (including phenoxy) is 3. The van der Waals surface area contributed by atoms with Gasteiger partial charge in [-0.25, -0.2) is 24.5 Å². The van der Waals surface area contributed by atoms with Gasteiger partial charge in [0.1, 0.15) is 36.9 Å². The third-order valence-electron chi connectivity index (χ3n) is 5.53. The maximum Gasteiger partial charge on any atom is 0.338 e. The Morgan fingerprint density at radius 3 is 2.35 bits per heavy atom. The predicted octanol–water partition coefficient (Wildman–Crippen LogP) is 2.78. The van der Waals surface area contributed by atoms with Crippen molar-refractivity contribution in [3.63, 3.8) is 0 Å². The standard InChI is InChI=1S/C24H21N5O5/c25-21-20-22(27-13-26-21)29(14-28-20)19-11-17(34-24(31)16-9-5-2-6-10-16)18(33-19)12-32-23(30)15-7-3-1-4-8-15/h1-10,13-14,17-19H,11-12H2,(H2,25,26,27)/t17-,18+,19+/m0/s1/i12+1. The Kier molecular flexibility index (Phi) is 5.88. The van der Waals surface area contributed by atoms with Gasteiger partial charge in [-0.15, -0.1) is 0 Å². The number of hydrogen-bond donors (Lipinski definition) is 1. The van der Waals surface area contributed by atoms with Gasteiger partial charge in [0.2, 0.25) is 0 Å². The second-order valence-electron chi connectivity index (χ2n) is 7.72. The molecule has 10 heteroatoms. The van der Waals surface area contributed by atoms with Crippen molar-refractivity contribution >= 4 is 28.9 Å². The zero-order chi connectivity index (χ0) is 23.5.